The first kappa shape index (κ1) is 10.7. The quantitative estimate of drug-likeness (QED) is 0.793. The van der Waals surface area contributed by atoms with Gasteiger partial charge in [-0.05, 0) is 31.1 Å². The second-order valence-electron chi connectivity index (χ2n) is 3.86. The van der Waals surface area contributed by atoms with Crippen LogP contribution in [0, 0.1) is 0 Å². The standard InChI is InChI=1S/C13H14O3/c14-9-10-4-1-2-7-13(10)16-12-6-3-5-11(15)8-12/h1-2,4,7-9,12,15H,3,5-6H2. The van der Waals surface area contributed by atoms with Gasteiger partial charge in [0.15, 0.2) is 6.29 Å². The van der Waals surface area contributed by atoms with Crippen molar-refractivity contribution in [1.29, 1.82) is 0 Å². The Kier molecular flexibility index (Phi) is 3.25. The van der Waals surface area contributed by atoms with Gasteiger partial charge in [0.1, 0.15) is 11.9 Å². The topological polar surface area (TPSA) is 46.5 Å². The summed E-state index contributed by atoms with van der Waals surface area (Å²) in [5, 5.41) is 9.40. The molecular weight excluding hydrogens is 204 g/mol. The summed E-state index contributed by atoms with van der Waals surface area (Å²) in [4.78, 5) is 10.8. The van der Waals surface area contributed by atoms with Gasteiger partial charge in [-0.1, -0.05) is 12.1 Å². The second kappa shape index (κ2) is 4.84. The summed E-state index contributed by atoms with van der Waals surface area (Å²) >= 11 is 0. The molecule has 0 saturated carbocycles. The minimum absolute atomic E-state index is 0.130. The number of rotatable bonds is 3. The van der Waals surface area contributed by atoms with E-state index in [1.807, 2.05) is 6.07 Å². The Labute approximate surface area is 94.4 Å². The van der Waals surface area contributed by atoms with E-state index in [0.29, 0.717) is 17.1 Å². The molecule has 2 rings (SSSR count). The predicted octanol–water partition coefficient (Wildman–Crippen LogP) is 2.87. The van der Waals surface area contributed by atoms with E-state index < -0.39 is 0 Å². The monoisotopic (exact) mass is 218 g/mol. The van der Waals surface area contributed by atoms with Crippen molar-refractivity contribution in [2.75, 3.05) is 0 Å². The van der Waals surface area contributed by atoms with Gasteiger partial charge in [0.25, 0.3) is 0 Å². The fraction of sp³-hybridized carbons (Fsp3) is 0.308. The smallest absolute Gasteiger partial charge is 0.153 e. The number of ether oxygens (including phenoxy) is 1. The molecule has 0 spiro atoms. The summed E-state index contributed by atoms with van der Waals surface area (Å²) in [6.07, 6.45) is 4.87. The molecule has 3 nitrogen and oxygen atoms in total. The lowest BCUT2D eigenvalue weighted by Gasteiger charge is -2.20. The fourth-order valence-corrected chi connectivity index (χ4v) is 1.81. The molecule has 0 saturated heterocycles. The van der Waals surface area contributed by atoms with E-state index in [1.54, 1.807) is 24.3 Å². The molecule has 0 radical (unpaired) electrons. The third-order valence-corrected chi connectivity index (χ3v) is 2.62. The zero-order valence-electron chi connectivity index (χ0n) is 8.93. The Morgan fingerprint density at radius 1 is 1.38 bits per heavy atom. The average Bonchev–Trinajstić information content (AvgIpc) is 2.30. The number of carbonyl (C=O) groups is 1. The largest absolute Gasteiger partial charge is 0.513 e. The Bertz CT molecular complexity index is 409. The summed E-state index contributed by atoms with van der Waals surface area (Å²) in [6.45, 7) is 0. The molecule has 0 heterocycles. The molecule has 1 unspecified atom stereocenters. The molecule has 3 heteroatoms. The van der Waals surface area contributed by atoms with E-state index in [2.05, 4.69) is 0 Å². The van der Waals surface area contributed by atoms with Crippen molar-refractivity contribution in [3.63, 3.8) is 0 Å². The van der Waals surface area contributed by atoms with Crippen molar-refractivity contribution < 1.29 is 14.6 Å². The van der Waals surface area contributed by atoms with Gasteiger partial charge in [-0.2, -0.15) is 0 Å². The van der Waals surface area contributed by atoms with E-state index in [1.165, 1.54) is 0 Å². The lowest BCUT2D eigenvalue weighted by molar-refractivity contribution is 0.111. The molecule has 1 aromatic carbocycles. The molecule has 1 aromatic rings. The molecule has 0 bridgehead atoms. The van der Waals surface area contributed by atoms with Crippen molar-refractivity contribution in [1.82, 2.24) is 0 Å². The van der Waals surface area contributed by atoms with Crippen LogP contribution >= 0.6 is 0 Å². The number of para-hydroxylation sites is 1. The van der Waals surface area contributed by atoms with E-state index in [4.69, 9.17) is 4.74 Å². The number of aldehydes is 1. The van der Waals surface area contributed by atoms with Gasteiger partial charge in [-0.25, -0.2) is 0 Å². The number of allylic oxidation sites excluding steroid dienone is 1. The first-order chi connectivity index (χ1) is 7.79. The number of hydrogen-bond donors (Lipinski definition) is 1. The number of aliphatic hydroxyl groups excluding tert-OH is 1. The van der Waals surface area contributed by atoms with Crippen molar-refractivity contribution in [3.8, 4) is 5.75 Å². The molecule has 0 fully saturated rings. The summed E-state index contributed by atoms with van der Waals surface area (Å²) in [5.74, 6) is 0.952. The van der Waals surface area contributed by atoms with Crippen LogP contribution in [0.25, 0.3) is 0 Å². The van der Waals surface area contributed by atoms with Gasteiger partial charge in [0.05, 0.1) is 11.3 Å². The van der Waals surface area contributed by atoms with Gasteiger partial charge in [0, 0.05) is 6.42 Å². The molecule has 0 amide bonds. The number of hydrogen-bond acceptors (Lipinski definition) is 3. The SMILES string of the molecule is O=Cc1ccccc1OC1C=C(O)CCC1. The third-order valence-electron chi connectivity index (χ3n) is 2.62. The maximum atomic E-state index is 10.8. The Balaban J connectivity index is 2.14. The number of aliphatic hydroxyl groups is 1. The molecule has 1 aliphatic rings. The fourth-order valence-electron chi connectivity index (χ4n) is 1.81. The molecule has 84 valence electrons. The highest BCUT2D eigenvalue weighted by Gasteiger charge is 2.15. The van der Waals surface area contributed by atoms with Crippen molar-refractivity contribution in [2.45, 2.75) is 25.4 Å². The Hall–Kier alpha value is -1.77. The highest BCUT2D eigenvalue weighted by Crippen LogP contribution is 2.23. The van der Waals surface area contributed by atoms with Gasteiger partial charge >= 0.3 is 0 Å². The predicted molar refractivity (Wildman–Crippen MR) is 60.8 cm³/mol. The third kappa shape index (κ3) is 2.42. The summed E-state index contributed by atoms with van der Waals surface area (Å²) in [6, 6.07) is 7.11. The van der Waals surface area contributed by atoms with Crippen LogP contribution in [0.4, 0.5) is 0 Å². The van der Waals surface area contributed by atoms with Crippen LogP contribution in [0.3, 0.4) is 0 Å². The van der Waals surface area contributed by atoms with E-state index in [9.17, 15) is 9.90 Å². The zero-order valence-corrected chi connectivity index (χ0v) is 8.93. The van der Waals surface area contributed by atoms with Gasteiger partial charge in [-0.3, -0.25) is 4.79 Å². The van der Waals surface area contributed by atoms with E-state index >= 15 is 0 Å². The maximum Gasteiger partial charge on any atom is 0.153 e. The lowest BCUT2D eigenvalue weighted by Crippen LogP contribution is -2.18. The molecular formula is C13H14O3. The van der Waals surface area contributed by atoms with E-state index in [-0.39, 0.29) is 6.10 Å². The van der Waals surface area contributed by atoms with Crippen LogP contribution in [0.5, 0.6) is 5.75 Å². The van der Waals surface area contributed by atoms with Crippen LogP contribution in [-0.4, -0.2) is 17.5 Å². The summed E-state index contributed by atoms with van der Waals surface area (Å²) in [7, 11) is 0. The number of benzene rings is 1. The minimum atomic E-state index is -0.130. The highest BCUT2D eigenvalue weighted by atomic mass is 16.5. The number of carbonyl (C=O) groups excluding carboxylic acids is 1. The van der Waals surface area contributed by atoms with Crippen LogP contribution in [0.2, 0.25) is 0 Å². The molecule has 0 aliphatic heterocycles. The average molecular weight is 218 g/mol. The summed E-state index contributed by atoms with van der Waals surface area (Å²) in [5.41, 5.74) is 0.543. The van der Waals surface area contributed by atoms with Crippen molar-refractivity contribution in [2.24, 2.45) is 0 Å². The normalized spacial score (nSPS) is 20.0. The van der Waals surface area contributed by atoms with Crippen LogP contribution < -0.4 is 4.74 Å². The van der Waals surface area contributed by atoms with Crippen molar-refractivity contribution >= 4 is 6.29 Å². The molecule has 0 aromatic heterocycles. The summed E-state index contributed by atoms with van der Waals surface area (Å²) < 4.78 is 5.68. The Morgan fingerprint density at radius 3 is 2.94 bits per heavy atom. The van der Waals surface area contributed by atoms with Gasteiger partial charge in [-0.15, -0.1) is 0 Å². The minimum Gasteiger partial charge on any atom is -0.513 e. The zero-order chi connectivity index (χ0) is 11.4. The maximum absolute atomic E-state index is 10.8. The second-order valence-corrected chi connectivity index (χ2v) is 3.86. The molecule has 1 N–H and O–H groups in total. The van der Waals surface area contributed by atoms with Crippen LogP contribution in [0.1, 0.15) is 29.6 Å². The van der Waals surface area contributed by atoms with E-state index in [0.717, 1.165) is 25.5 Å². The molecule has 1 atom stereocenters. The van der Waals surface area contributed by atoms with Gasteiger partial charge in [0.2, 0.25) is 0 Å². The van der Waals surface area contributed by atoms with Crippen molar-refractivity contribution in [3.05, 3.63) is 41.7 Å². The molecule has 1 aliphatic carbocycles. The lowest BCUT2D eigenvalue weighted by atomic mass is 10.0. The van der Waals surface area contributed by atoms with Crippen LogP contribution in [0.15, 0.2) is 36.1 Å². The first-order valence-corrected chi connectivity index (χ1v) is 5.40. The van der Waals surface area contributed by atoms with Gasteiger partial charge < -0.3 is 9.84 Å². The van der Waals surface area contributed by atoms with Crippen LogP contribution in [-0.2, 0) is 0 Å². The first-order valence-electron chi connectivity index (χ1n) is 5.40. The Morgan fingerprint density at radius 2 is 2.19 bits per heavy atom. The highest BCUT2D eigenvalue weighted by molar-refractivity contribution is 5.79. The molecule has 16 heavy (non-hydrogen) atoms.